The van der Waals surface area contributed by atoms with Gasteiger partial charge in [0.25, 0.3) is 0 Å². The number of ether oxygens (including phenoxy) is 1. The molecule has 4 heteroatoms. The van der Waals surface area contributed by atoms with E-state index in [9.17, 15) is 4.79 Å². The lowest BCUT2D eigenvalue weighted by atomic mass is 10.00. The van der Waals surface area contributed by atoms with Crippen LogP contribution in [0.3, 0.4) is 0 Å². The first-order valence-electron chi connectivity index (χ1n) is 6.79. The van der Waals surface area contributed by atoms with Gasteiger partial charge >= 0.3 is 0 Å². The molecule has 2 heterocycles. The van der Waals surface area contributed by atoms with E-state index < -0.39 is 0 Å². The summed E-state index contributed by atoms with van der Waals surface area (Å²) in [7, 11) is 1.56. The average Bonchev–Trinajstić information content (AvgIpc) is 2.95. The van der Waals surface area contributed by atoms with E-state index in [0.29, 0.717) is 6.54 Å². The van der Waals surface area contributed by atoms with Crippen LogP contribution in [0.1, 0.15) is 17.3 Å². The Morgan fingerprint density at radius 1 is 1.20 bits per heavy atom. The van der Waals surface area contributed by atoms with Crippen molar-refractivity contribution in [2.45, 2.75) is 12.6 Å². The lowest BCUT2D eigenvalue weighted by molar-refractivity contribution is -0.137. The third kappa shape index (κ3) is 2.23. The topological polar surface area (TPSA) is 34.5 Å². The van der Waals surface area contributed by atoms with Crippen LogP contribution < -0.4 is 0 Å². The smallest absolute Gasteiger partial charge is 0.249 e. The summed E-state index contributed by atoms with van der Waals surface area (Å²) < 4.78 is 7.23. The van der Waals surface area contributed by atoms with Crippen LogP contribution in [0.2, 0.25) is 0 Å². The third-order valence-corrected chi connectivity index (χ3v) is 3.74. The molecule has 1 amide bonds. The fourth-order valence-corrected chi connectivity index (χ4v) is 2.84. The maximum Gasteiger partial charge on any atom is 0.249 e. The van der Waals surface area contributed by atoms with Gasteiger partial charge in [-0.2, -0.15) is 0 Å². The number of amides is 1. The molecule has 1 aliphatic rings. The minimum Gasteiger partial charge on any atom is -0.375 e. The average molecular weight is 270 g/mol. The fraction of sp³-hybridized carbons (Fsp3) is 0.312. The standard InChI is InChI=1S/C16H18N2O2/c1-20-12-15(19)18-11-10-17-9-5-8-14(17)16(18)13-6-3-2-4-7-13/h2-9,16H,10-12H2,1H3. The second kappa shape index (κ2) is 5.51. The lowest BCUT2D eigenvalue weighted by Crippen LogP contribution is -2.43. The third-order valence-electron chi connectivity index (χ3n) is 3.74. The maximum absolute atomic E-state index is 12.3. The first-order chi connectivity index (χ1) is 9.81. The molecule has 0 saturated heterocycles. The molecule has 0 N–H and O–H groups in total. The molecule has 1 aliphatic heterocycles. The molecule has 0 saturated carbocycles. The monoisotopic (exact) mass is 270 g/mol. The second-order valence-corrected chi connectivity index (χ2v) is 4.96. The minimum atomic E-state index is -0.0254. The molecule has 2 aromatic rings. The van der Waals surface area contributed by atoms with Gasteiger partial charge in [-0.1, -0.05) is 30.3 Å². The highest BCUT2D eigenvalue weighted by Crippen LogP contribution is 2.32. The Balaban J connectivity index is 2.01. The van der Waals surface area contributed by atoms with E-state index in [-0.39, 0.29) is 18.6 Å². The Bertz CT molecular complexity index is 592. The van der Waals surface area contributed by atoms with Gasteiger partial charge in [0.2, 0.25) is 5.91 Å². The molecule has 3 rings (SSSR count). The van der Waals surface area contributed by atoms with Crippen molar-refractivity contribution in [3.05, 3.63) is 59.9 Å². The molecular formula is C16H18N2O2. The summed E-state index contributed by atoms with van der Waals surface area (Å²) in [6, 6.07) is 14.3. The van der Waals surface area contributed by atoms with Crippen molar-refractivity contribution in [2.24, 2.45) is 0 Å². The number of aromatic nitrogens is 1. The van der Waals surface area contributed by atoms with Crippen molar-refractivity contribution in [3.8, 4) is 0 Å². The molecule has 1 aromatic heterocycles. The molecule has 0 spiro atoms. The van der Waals surface area contributed by atoms with E-state index in [1.165, 1.54) is 0 Å². The Morgan fingerprint density at radius 2 is 2.00 bits per heavy atom. The number of hydrogen-bond donors (Lipinski definition) is 0. The highest BCUT2D eigenvalue weighted by atomic mass is 16.5. The molecule has 1 unspecified atom stereocenters. The molecule has 0 radical (unpaired) electrons. The highest BCUT2D eigenvalue weighted by Gasteiger charge is 2.31. The van der Waals surface area contributed by atoms with E-state index in [0.717, 1.165) is 17.8 Å². The van der Waals surface area contributed by atoms with Gasteiger partial charge in [-0.15, -0.1) is 0 Å². The fourth-order valence-electron chi connectivity index (χ4n) is 2.84. The zero-order chi connectivity index (χ0) is 13.9. The van der Waals surface area contributed by atoms with Gasteiger partial charge in [-0.05, 0) is 17.7 Å². The quantitative estimate of drug-likeness (QED) is 0.855. The zero-order valence-electron chi connectivity index (χ0n) is 11.5. The predicted octanol–water partition coefficient (Wildman–Crippen LogP) is 2.07. The van der Waals surface area contributed by atoms with Crippen molar-refractivity contribution in [3.63, 3.8) is 0 Å². The molecule has 0 aliphatic carbocycles. The van der Waals surface area contributed by atoms with Crippen LogP contribution in [0, 0.1) is 0 Å². The van der Waals surface area contributed by atoms with Crippen LogP contribution in [0.15, 0.2) is 48.7 Å². The van der Waals surface area contributed by atoms with Gasteiger partial charge < -0.3 is 14.2 Å². The molecule has 0 bridgehead atoms. The number of rotatable bonds is 3. The minimum absolute atomic E-state index is 0.0254. The van der Waals surface area contributed by atoms with E-state index in [4.69, 9.17) is 4.74 Å². The van der Waals surface area contributed by atoms with E-state index >= 15 is 0 Å². The molecule has 1 atom stereocenters. The van der Waals surface area contributed by atoms with E-state index in [2.05, 4.69) is 29.0 Å². The van der Waals surface area contributed by atoms with Gasteiger partial charge in [-0.25, -0.2) is 0 Å². The SMILES string of the molecule is COCC(=O)N1CCn2cccc2C1c1ccccc1. The van der Waals surface area contributed by atoms with Gasteiger partial charge in [-0.3, -0.25) is 4.79 Å². The number of fused-ring (bicyclic) bond motifs is 1. The number of carbonyl (C=O) groups is 1. The number of nitrogens with zero attached hydrogens (tertiary/aromatic N) is 2. The number of hydrogen-bond acceptors (Lipinski definition) is 2. The second-order valence-electron chi connectivity index (χ2n) is 4.96. The number of benzene rings is 1. The van der Waals surface area contributed by atoms with Gasteiger partial charge in [0.1, 0.15) is 6.61 Å². The van der Waals surface area contributed by atoms with Crippen LogP contribution in [-0.4, -0.2) is 35.6 Å². The first-order valence-corrected chi connectivity index (χ1v) is 6.79. The van der Waals surface area contributed by atoms with Crippen LogP contribution >= 0.6 is 0 Å². The normalized spacial score (nSPS) is 17.9. The van der Waals surface area contributed by atoms with Crippen LogP contribution in [0.5, 0.6) is 0 Å². The van der Waals surface area contributed by atoms with Crippen molar-refractivity contribution in [1.29, 1.82) is 0 Å². The Kier molecular flexibility index (Phi) is 3.56. The highest BCUT2D eigenvalue weighted by molar-refractivity contribution is 5.78. The zero-order valence-corrected chi connectivity index (χ0v) is 11.5. The van der Waals surface area contributed by atoms with Crippen molar-refractivity contribution < 1.29 is 9.53 Å². The van der Waals surface area contributed by atoms with Gasteiger partial charge in [0, 0.05) is 32.1 Å². The summed E-state index contributed by atoms with van der Waals surface area (Å²) in [6.07, 6.45) is 2.07. The summed E-state index contributed by atoms with van der Waals surface area (Å²) in [5, 5.41) is 0. The molecule has 20 heavy (non-hydrogen) atoms. The summed E-state index contributed by atoms with van der Waals surface area (Å²) >= 11 is 0. The summed E-state index contributed by atoms with van der Waals surface area (Å²) in [6.45, 7) is 1.68. The molecule has 4 nitrogen and oxygen atoms in total. The van der Waals surface area contributed by atoms with Crippen molar-refractivity contribution in [2.75, 3.05) is 20.3 Å². The van der Waals surface area contributed by atoms with Gasteiger partial charge in [0.05, 0.1) is 6.04 Å². The first kappa shape index (κ1) is 12.9. The summed E-state index contributed by atoms with van der Waals surface area (Å²) in [5.41, 5.74) is 2.29. The Morgan fingerprint density at radius 3 is 2.75 bits per heavy atom. The summed E-state index contributed by atoms with van der Waals surface area (Å²) in [5.74, 6) is 0.0359. The molecule has 104 valence electrons. The lowest BCUT2D eigenvalue weighted by Gasteiger charge is -2.37. The number of methoxy groups -OCH3 is 1. The Hall–Kier alpha value is -2.07. The van der Waals surface area contributed by atoms with Crippen LogP contribution in [0.25, 0.3) is 0 Å². The molecular weight excluding hydrogens is 252 g/mol. The van der Waals surface area contributed by atoms with E-state index in [1.807, 2.05) is 29.2 Å². The number of carbonyl (C=O) groups excluding carboxylic acids is 1. The maximum atomic E-state index is 12.3. The largest absolute Gasteiger partial charge is 0.375 e. The predicted molar refractivity (Wildman–Crippen MR) is 76.3 cm³/mol. The molecule has 1 aromatic carbocycles. The molecule has 0 fully saturated rings. The van der Waals surface area contributed by atoms with Crippen molar-refractivity contribution >= 4 is 5.91 Å². The van der Waals surface area contributed by atoms with Crippen LogP contribution in [-0.2, 0) is 16.1 Å². The Labute approximate surface area is 118 Å². The van der Waals surface area contributed by atoms with Crippen LogP contribution in [0.4, 0.5) is 0 Å². The van der Waals surface area contributed by atoms with E-state index in [1.54, 1.807) is 7.11 Å². The van der Waals surface area contributed by atoms with Crippen molar-refractivity contribution in [1.82, 2.24) is 9.47 Å². The summed E-state index contributed by atoms with van der Waals surface area (Å²) in [4.78, 5) is 14.2. The van der Waals surface area contributed by atoms with Gasteiger partial charge in [0.15, 0.2) is 0 Å².